The first-order chi connectivity index (χ1) is 9.99. The standard InChI is InChI=1S/C21H38/c1-7-9-18(10-8-2)12-19-13-20-11-14(3)15(4)16(5)21(20)17(19)6/h14-16,18-21H,6-13H2,1-5H3. The molecule has 0 aliphatic heterocycles. The zero-order valence-electron chi connectivity index (χ0n) is 15.2. The highest BCUT2D eigenvalue weighted by molar-refractivity contribution is 5.17. The van der Waals surface area contributed by atoms with Gasteiger partial charge in [0.15, 0.2) is 0 Å². The third-order valence-corrected chi connectivity index (χ3v) is 7.03. The van der Waals surface area contributed by atoms with Crippen LogP contribution in [0.15, 0.2) is 12.2 Å². The van der Waals surface area contributed by atoms with Gasteiger partial charge in [-0.3, -0.25) is 0 Å². The van der Waals surface area contributed by atoms with Gasteiger partial charge in [0.1, 0.15) is 0 Å². The largest absolute Gasteiger partial charge is 0.0993 e. The van der Waals surface area contributed by atoms with Crippen LogP contribution in [0.1, 0.15) is 79.6 Å². The molecule has 0 aromatic heterocycles. The van der Waals surface area contributed by atoms with Gasteiger partial charge in [0.2, 0.25) is 0 Å². The lowest BCUT2D eigenvalue weighted by atomic mass is 9.64. The second-order valence-electron chi connectivity index (χ2n) is 8.40. The lowest BCUT2D eigenvalue weighted by molar-refractivity contribution is 0.102. The van der Waals surface area contributed by atoms with Gasteiger partial charge in [-0.25, -0.2) is 0 Å². The summed E-state index contributed by atoms with van der Waals surface area (Å²) < 4.78 is 0. The van der Waals surface area contributed by atoms with Crippen molar-refractivity contribution in [3.63, 3.8) is 0 Å². The van der Waals surface area contributed by atoms with Gasteiger partial charge >= 0.3 is 0 Å². The summed E-state index contributed by atoms with van der Waals surface area (Å²) in [7, 11) is 0. The van der Waals surface area contributed by atoms with Crippen molar-refractivity contribution >= 4 is 0 Å². The third-order valence-electron chi connectivity index (χ3n) is 7.03. The highest BCUT2D eigenvalue weighted by atomic mass is 14.5. The van der Waals surface area contributed by atoms with E-state index in [-0.39, 0.29) is 0 Å². The van der Waals surface area contributed by atoms with E-state index in [0.717, 1.165) is 41.4 Å². The SMILES string of the molecule is C=C1C(CC(CCC)CCC)CC2CC(C)C(C)C(C)C12. The Labute approximate surface area is 133 Å². The number of hydrogen-bond donors (Lipinski definition) is 0. The van der Waals surface area contributed by atoms with Gasteiger partial charge in [-0.2, -0.15) is 0 Å². The average molecular weight is 291 g/mol. The molecule has 122 valence electrons. The molecule has 21 heavy (non-hydrogen) atoms. The molecule has 2 rings (SSSR count). The molecular formula is C21H38. The Kier molecular flexibility index (Phi) is 5.97. The first-order valence-electron chi connectivity index (χ1n) is 9.68. The molecule has 2 aliphatic rings. The quantitative estimate of drug-likeness (QED) is 0.477. The molecule has 0 nitrogen and oxygen atoms in total. The minimum absolute atomic E-state index is 0.836. The van der Waals surface area contributed by atoms with E-state index in [0.29, 0.717) is 0 Å². The van der Waals surface area contributed by atoms with Gasteiger partial charge in [0, 0.05) is 0 Å². The molecule has 0 radical (unpaired) electrons. The summed E-state index contributed by atoms with van der Waals surface area (Å²) in [5.74, 6) is 6.22. The summed E-state index contributed by atoms with van der Waals surface area (Å²) in [5.41, 5.74) is 1.64. The lowest BCUT2D eigenvalue weighted by Crippen LogP contribution is -2.34. The second-order valence-corrected chi connectivity index (χ2v) is 8.40. The van der Waals surface area contributed by atoms with Crippen LogP contribution in [0.2, 0.25) is 0 Å². The minimum atomic E-state index is 0.836. The Balaban J connectivity index is 2.02. The molecule has 0 aromatic rings. The van der Waals surface area contributed by atoms with E-state index in [9.17, 15) is 0 Å². The molecular weight excluding hydrogens is 252 g/mol. The summed E-state index contributed by atoms with van der Waals surface area (Å²) in [6.07, 6.45) is 9.89. The van der Waals surface area contributed by atoms with Crippen molar-refractivity contribution in [2.24, 2.45) is 41.4 Å². The van der Waals surface area contributed by atoms with E-state index in [4.69, 9.17) is 0 Å². The molecule has 2 saturated carbocycles. The summed E-state index contributed by atoms with van der Waals surface area (Å²) in [4.78, 5) is 0. The molecule has 6 atom stereocenters. The van der Waals surface area contributed by atoms with Crippen molar-refractivity contribution in [3.05, 3.63) is 12.2 Å². The minimum Gasteiger partial charge on any atom is -0.0993 e. The van der Waals surface area contributed by atoms with E-state index in [1.807, 2.05) is 0 Å². The van der Waals surface area contributed by atoms with Crippen LogP contribution in [0, 0.1) is 41.4 Å². The Morgan fingerprint density at radius 2 is 1.62 bits per heavy atom. The Bertz CT molecular complexity index is 336. The van der Waals surface area contributed by atoms with Crippen molar-refractivity contribution in [3.8, 4) is 0 Å². The van der Waals surface area contributed by atoms with Gasteiger partial charge in [-0.05, 0) is 60.7 Å². The number of fused-ring (bicyclic) bond motifs is 1. The molecule has 0 aromatic carbocycles. The molecule has 0 spiro atoms. The first kappa shape index (κ1) is 17.1. The van der Waals surface area contributed by atoms with Crippen LogP contribution >= 0.6 is 0 Å². The maximum Gasteiger partial charge on any atom is -0.0146 e. The molecule has 0 bridgehead atoms. The average Bonchev–Trinajstić information content (AvgIpc) is 2.73. The molecule has 0 heterocycles. The Morgan fingerprint density at radius 1 is 1.00 bits per heavy atom. The van der Waals surface area contributed by atoms with E-state index >= 15 is 0 Å². The van der Waals surface area contributed by atoms with Crippen LogP contribution in [-0.2, 0) is 0 Å². The van der Waals surface area contributed by atoms with E-state index in [1.54, 1.807) is 5.57 Å². The summed E-state index contributed by atoms with van der Waals surface area (Å²) in [6, 6.07) is 0. The molecule has 2 aliphatic carbocycles. The highest BCUT2D eigenvalue weighted by Gasteiger charge is 2.46. The van der Waals surface area contributed by atoms with E-state index in [1.165, 1.54) is 44.9 Å². The molecule has 0 heteroatoms. The number of rotatable bonds is 6. The summed E-state index contributed by atoms with van der Waals surface area (Å²) >= 11 is 0. The van der Waals surface area contributed by atoms with Crippen LogP contribution in [0.25, 0.3) is 0 Å². The number of allylic oxidation sites excluding steroid dienone is 1. The van der Waals surface area contributed by atoms with E-state index < -0.39 is 0 Å². The van der Waals surface area contributed by atoms with Gasteiger partial charge in [0.25, 0.3) is 0 Å². The van der Waals surface area contributed by atoms with Crippen LogP contribution in [0.5, 0.6) is 0 Å². The summed E-state index contributed by atoms with van der Waals surface area (Å²) in [5, 5.41) is 0. The predicted molar refractivity (Wildman–Crippen MR) is 94.3 cm³/mol. The molecule has 0 amide bonds. The number of hydrogen-bond acceptors (Lipinski definition) is 0. The first-order valence-corrected chi connectivity index (χ1v) is 9.68. The van der Waals surface area contributed by atoms with Gasteiger partial charge in [-0.1, -0.05) is 72.5 Å². The smallest absolute Gasteiger partial charge is 0.0146 e. The second kappa shape index (κ2) is 7.34. The maximum atomic E-state index is 4.60. The van der Waals surface area contributed by atoms with Crippen molar-refractivity contribution in [1.29, 1.82) is 0 Å². The molecule has 6 unspecified atom stereocenters. The van der Waals surface area contributed by atoms with Crippen LogP contribution in [0.3, 0.4) is 0 Å². The van der Waals surface area contributed by atoms with Crippen molar-refractivity contribution in [2.75, 3.05) is 0 Å². The van der Waals surface area contributed by atoms with Crippen LogP contribution in [-0.4, -0.2) is 0 Å². The van der Waals surface area contributed by atoms with Gasteiger partial charge in [-0.15, -0.1) is 0 Å². The fraction of sp³-hybridized carbons (Fsp3) is 0.905. The predicted octanol–water partition coefficient (Wildman–Crippen LogP) is 6.71. The van der Waals surface area contributed by atoms with Crippen molar-refractivity contribution in [1.82, 2.24) is 0 Å². The highest BCUT2D eigenvalue weighted by Crippen LogP contribution is 2.55. The fourth-order valence-electron chi connectivity index (χ4n) is 5.63. The van der Waals surface area contributed by atoms with Gasteiger partial charge < -0.3 is 0 Å². The zero-order valence-corrected chi connectivity index (χ0v) is 15.2. The van der Waals surface area contributed by atoms with E-state index in [2.05, 4.69) is 41.2 Å². The summed E-state index contributed by atoms with van der Waals surface area (Å²) in [6.45, 7) is 16.7. The Morgan fingerprint density at radius 3 is 2.19 bits per heavy atom. The Hall–Kier alpha value is -0.260. The lowest BCUT2D eigenvalue weighted by Gasteiger charge is -2.41. The normalized spacial score (nSPS) is 39.8. The molecule has 0 N–H and O–H groups in total. The van der Waals surface area contributed by atoms with Gasteiger partial charge in [0.05, 0.1) is 0 Å². The fourth-order valence-corrected chi connectivity index (χ4v) is 5.63. The maximum absolute atomic E-state index is 4.60. The monoisotopic (exact) mass is 290 g/mol. The third kappa shape index (κ3) is 3.57. The molecule has 2 fully saturated rings. The van der Waals surface area contributed by atoms with Crippen LogP contribution in [0.4, 0.5) is 0 Å². The van der Waals surface area contributed by atoms with Crippen molar-refractivity contribution < 1.29 is 0 Å². The zero-order chi connectivity index (χ0) is 15.6. The topological polar surface area (TPSA) is 0 Å². The molecule has 0 saturated heterocycles. The van der Waals surface area contributed by atoms with Crippen LogP contribution < -0.4 is 0 Å². The van der Waals surface area contributed by atoms with Crippen molar-refractivity contribution in [2.45, 2.75) is 79.6 Å².